The molecule has 1 N–H and O–H groups in total. The second-order valence-electron chi connectivity index (χ2n) is 5.96. The van der Waals surface area contributed by atoms with E-state index in [2.05, 4.69) is 17.4 Å². The third-order valence-corrected chi connectivity index (χ3v) is 4.43. The quantitative estimate of drug-likeness (QED) is 0.877. The van der Waals surface area contributed by atoms with E-state index < -0.39 is 0 Å². The highest BCUT2D eigenvalue weighted by molar-refractivity contribution is 5.50. The molecular weight excluding hydrogens is 294 g/mol. The van der Waals surface area contributed by atoms with E-state index >= 15 is 0 Å². The highest BCUT2D eigenvalue weighted by atomic mass is 16.7. The number of nitrogens with one attached hydrogen (secondary N) is 1. The molecule has 23 heavy (non-hydrogen) atoms. The zero-order chi connectivity index (χ0) is 15.6. The summed E-state index contributed by atoms with van der Waals surface area (Å²) in [7, 11) is 1.69. The van der Waals surface area contributed by atoms with E-state index in [1.165, 1.54) is 11.1 Å². The molecule has 0 saturated carbocycles. The first-order chi connectivity index (χ1) is 11.3. The Hall–Kier alpha value is -2.14. The first-order valence-electron chi connectivity index (χ1n) is 8.11. The van der Waals surface area contributed by atoms with Gasteiger partial charge in [-0.1, -0.05) is 0 Å². The summed E-state index contributed by atoms with van der Waals surface area (Å²) >= 11 is 0. The van der Waals surface area contributed by atoms with Gasteiger partial charge in [0.25, 0.3) is 0 Å². The van der Waals surface area contributed by atoms with Crippen LogP contribution in [0, 0.1) is 0 Å². The lowest BCUT2D eigenvalue weighted by Gasteiger charge is -2.12. The van der Waals surface area contributed by atoms with E-state index in [9.17, 15) is 0 Å². The van der Waals surface area contributed by atoms with Gasteiger partial charge in [-0.2, -0.15) is 0 Å². The Morgan fingerprint density at radius 3 is 2.65 bits per heavy atom. The first-order valence-corrected chi connectivity index (χ1v) is 8.11. The zero-order valence-electron chi connectivity index (χ0n) is 13.3. The molecule has 5 heteroatoms. The van der Waals surface area contributed by atoms with Crippen molar-refractivity contribution in [3.05, 3.63) is 40.8 Å². The summed E-state index contributed by atoms with van der Waals surface area (Å²) in [6, 6.07) is 6.19. The van der Waals surface area contributed by atoms with Gasteiger partial charge in [0, 0.05) is 18.9 Å². The highest BCUT2D eigenvalue weighted by Gasteiger charge is 2.20. The van der Waals surface area contributed by atoms with Crippen LogP contribution in [-0.4, -0.2) is 27.0 Å². The lowest BCUT2D eigenvalue weighted by atomic mass is 9.99. The lowest BCUT2D eigenvalue weighted by Crippen LogP contribution is -2.19. The number of fused-ring (bicyclic) bond motifs is 4. The number of hydrogen-bond donors (Lipinski definition) is 1. The molecular formula is C18H21NO4. The second kappa shape index (κ2) is 6.16. The molecule has 3 heterocycles. The van der Waals surface area contributed by atoms with Crippen molar-refractivity contribution in [1.29, 1.82) is 0 Å². The van der Waals surface area contributed by atoms with Gasteiger partial charge in [0.05, 0.1) is 7.11 Å². The molecule has 0 fully saturated rings. The van der Waals surface area contributed by atoms with Crippen molar-refractivity contribution in [2.24, 2.45) is 0 Å². The molecule has 2 aliphatic heterocycles. The van der Waals surface area contributed by atoms with Gasteiger partial charge in [-0.05, 0) is 49.2 Å². The minimum absolute atomic E-state index is 0.296. The van der Waals surface area contributed by atoms with Crippen molar-refractivity contribution in [3.63, 3.8) is 0 Å². The summed E-state index contributed by atoms with van der Waals surface area (Å²) in [6.45, 7) is 2.24. The highest BCUT2D eigenvalue weighted by Crippen LogP contribution is 2.37. The number of aryl methyl sites for hydroxylation is 1. The maximum Gasteiger partial charge on any atom is 0.231 e. The number of benzene rings is 1. The van der Waals surface area contributed by atoms with Crippen LogP contribution in [0.15, 0.2) is 22.6 Å². The van der Waals surface area contributed by atoms with Crippen LogP contribution in [0.1, 0.15) is 29.1 Å². The predicted octanol–water partition coefficient (Wildman–Crippen LogP) is 2.69. The maximum absolute atomic E-state index is 6.03. The SMILES string of the molecule is COc1cc2oc1Cc1cc3c(cc1CCNCCC2)OCO3. The average molecular weight is 315 g/mol. The molecule has 1 aromatic carbocycles. The van der Waals surface area contributed by atoms with Crippen LogP contribution in [0.3, 0.4) is 0 Å². The minimum Gasteiger partial charge on any atom is -0.493 e. The van der Waals surface area contributed by atoms with E-state index in [-0.39, 0.29) is 0 Å². The van der Waals surface area contributed by atoms with Gasteiger partial charge >= 0.3 is 0 Å². The van der Waals surface area contributed by atoms with E-state index in [0.717, 1.165) is 61.1 Å². The summed E-state index contributed by atoms with van der Waals surface area (Å²) in [6.07, 6.45) is 3.65. The molecule has 0 atom stereocenters. The Balaban J connectivity index is 1.74. The van der Waals surface area contributed by atoms with Crippen LogP contribution in [0.2, 0.25) is 0 Å². The van der Waals surface area contributed by atoms with Crippen molar-refractivity contribution in [2.75, 3.05) is 27.0 Å². The van der Waals surface area contributed by atoms with E-state index in [4.69, 9.17) is 18.6 Å². The van der Waals surface area contributed by atoms with Crippen LogP contribution >= 0.6 is 0 Å². The Bertz CT molecular complexity index is 707. The van der Waals surface area contributed by atoms with Gasteiger partial charge in [-0.15, -0.1) is 0 Å². The van der Waals surface area contributed by atoms with Gasteiger partial charge in [0.15, 0.2) is 17.2 Å². The zero-order valence-corrected chi connectivity index (χ0v) is 13.3. The van der Waals surface area contributed by atoms with Crippen LogP contribution < -0.4 is 19.5 Å². The molecule has 0 unspecified atom stereocenters. The molecule has 4 rings (SSSR count). The molecule has 0 amide bonds. The molecule has 2 bridgehead atoms. The van der Waals surface area contributed by atoms with Crippen molar-refractivity contribution in [1.82, 2.24) is 5.32 Å². The average Bonchev–Trinajstić information content (AvgIpc) is 3.15. The van der Waals surface area contributed by atoms with Crippen molar-refractivity contribution >= 4 is 0 Å². The van der Waals surface area contributed by atoms with E-state index in [1.807, 2.05) is 6.07 Å². The number of furan rings is 1. The van der Waals surface area contributed by atoms with Crippen molar-refractivity contribution in [2.45, 2.75) is 25.7 Å². The molecule has 1 aromatic heterocycles. The first kappa shape index (κ1) is 14.5. The molecule has 0 spiro atoms. The van der Waals surface area contributed by atoms with E-state index in [0.29, 0.717) is 13.2 Å². The fourth-order valence-electron chi connectivity index (χ4n) is 3.22. The minimum atomic E-state index is 0.296. The number of ether oxygens (including phenoxy) is 3. The molecule has 0 aliphatic carbocycles. The Morgan fingerprint density at radius 1 is 1.00 bits per heavy atom. The van der Waals surface area contributed by atoms with Crippen molar-refractivity contribution in [3.8, 4) is 17.2 Å². The summed E-state index contributed by atoms with van der Waals surface area (Å²) in [4.78, 5) is 0. The summed E-state index contributed by atoms with van der Waals surface area (Å²) in [5.74, 6) is 4.35. The number of rotatable bonds is 1. The lowest BCUT2D eigenvalue weighted by molar-refractivity contribution is 0.174. The van der Waals surface area contributed by atoms with Crippen LogP contribution in [0.5, 0.6) is 17.2 Å². The van der Waals surface area contributed by atoms with Gasteiger partial charge in [-0.3, -0.25) is 0 Å². The second-order valence-corrected chi connectivity index (χ2v) is 5.96. The third kappa shape index (κ3) is 2.88. The number of hydrogen-bond acceptors (Lipinski definition) is 5. The molecule has 2 aromatic rings. The van der Waals surface area contributed by atoms with Gasteiger partial charge in [0.2, 0.25) is 6.79 Å². The fourth-order valence-corrected chi connectivity index (χ4v) is 3.22. The standard InChI is InChI=1S/C18H21NO4/c1-20-15-10-14-3-2-5-19-6-4-12-7-16-17(22-11-21-16)8-13(12)9-18(15)23-14/h7-8,10,19H,2-6,9,11H2,1H3. The monoisotopic (exact) mass is 315 g/mol. The van der Waals surface area contributed by atoms with Gasteiger partial charge < -0.3 is 23.9 Å². The Labute approximate surface area is 135 Å². The molecule has 0 radical (unpaired) electrons. The third-order valence-electron chi connectivity index (χ3n) is 4.43. The fraction of sp³-hybridized carbons (Fsp3) is 0.444. The van der Waals surface area contributed by atoms with Crippen molar-refractivity contribution < 1.29 is 18.6 Å². The van der Waals surface area contributed by atoms with Gasteiger partial charge in [0.1, 0.15) is 11.5 Å². The number of methoxy groups -OCH3 is 1. The smallest absolute Gasteiger partial charge is 0.231 e. The van der Waals surface area contributed by atoms with Crippen LogP contribution in [0.4, 0.5) is 0 Å². The molecule has 0 saturated heterocycles. The summed E-state index contributed by atoms with van der Waals surface area (Å²) < 4.78 is 22.6. The summed E-state index contributed by atoms with van der Waals surface area (Å²) in [5.41, 5.74) is 2.47. The normalized spacial score (nSPS) is 17.1. The molecule has 5 nitrogen and oxygen atoms in total. The Morgan fingerprint density at radius 2 is 1.83 bits per heavy atom. The van der Waals surface area contributed by atoms with Crippen LogP contribution in [0.25, 0.3) is 0 Å². The van der Waals surface area contributed by atoms with Crippen LogP contribution in [-0.2, 0) is 19.3 Å². The van der Waals surface area contributed by atoms with E-state index in [1.54, 1.807) is 7.11 Å². The summed E-state index contributed by atoms with van der Waals surface area (Å²) in [5, 5.41) is 3.50. The largest absolute Gasteiger partial charge is 0.493 e. The topological polar surface area (TPSA) is 52.9 Å². The molecule has 122 valence electrons. The van der Waals surface area contributed by atoms with Gasteiger partial charge in [-0.25, -0.2) is 0 Å². The predicted molar refractivity (Wildman–Crippen MR) is 85.5 cm³/mol. The molecule has 2 aliphatic rings. The maximum atomic E-state index is 6.03. The Kier molecular flexibility index (Phi) is 3.87.